The van der Waals surface area contributed by atoms with Crippen molar-refractivity contribution in [2.45, 2.75) is 66.7 Å². The average Bonchev–Trinajstić information content (AvgIpc) is 3.20. The zero-order valence-electron chi connectivity index (χ0n) is 21.9. The summed E-state index contributed by atoms with van der Waals surface area (Å²) in [6.07, 6.45) is 6.19. The fourth-order valence-electron chi connectivity index (χ4n) is 4.31. The topological polar surface area (TPSA) is 88.4 Å². The number of nitrogens with one attached hydrogen (secondary N) is 1. The van der Waals surface area contributed by atoms with Gasteiger partial charge in [-0.2, -0.15) is 5.26 Å². The van der Waals surface area contributed by atoms with E-state index in [2.05, 4.69) is 33.0 Å². The molecule has 1 aliphatic rings. The highest BCUT2D eigenvalue weighted by Gasteiger charge is 2.34. The van der Waals surface area contributed by atoms with Gasteiger partial charge in [0, 0.05) is 4.88 Å². The molecule has 2 aromatic rings. The highest BCUT2D eigenvalue weighted by molar-refractivity contribution is 7.17. The molecule has 1 aromatic carbocycles. The smallest absolute Gasteiger partial charge is 0.341 e. The Bertz CT molecular complexity index is 1150. The van der Waals surface area contributed by atoms with Gasteiger partial charge in [0.25, 0.3) is 5.91 Å². The lowest BCUT2D eigenvalue weighted by Crippen LogP contribution is -2.26. The second-order valence-corrected chi connectivity index (χ2v) is 11.2. The van der Waals surface area contributed by atoms with Crippen molar-refractivity contribution in [1.29, 1.82) is 5.26 Å². The van der Waals surface area contributed by atoms with E-state index in [1.165, 1.54) is 11.3 Å². The minimum atomic E-state index is -0.544. The van der Waals surface area contributed by atoms with Crippen molar-refractivity contribution in [3.63, 3.8) is 0 Å². The number of hydrogen-bond acceptors (Lipinski definition) is 6. The third kappa shape index (κ3) is 6.76. The number of anilines is 1. The van der Waals surface area contributed by atoms with Gasteiger partial charge in [0.1, 0.15) is 22.4 Å². The van der Waals surface area contributed by atoms with Crippen molar-refractivity contribution in [3.05, 3.63) is 51.4 Å². The third-order valence-corrected chi connectivity index (χ3v) is 7.69. The van der Waals surface area contributed by atoms with E-state index >= 15 is 0 Å². The number of thiophene rings is 1. The minimum Gasteiger partial charge on any atom is -0.494 e. The molecule has 0 spiro atoms. The van der Waals surface area contributed by atoms with Crippen LogP contribution in [0.25, 0.3) is 6.08 Å². The van der Waals surface area contributed by atoms with Gasteiger partial charge in [0.05, 0.1) is 18.8 Å². The van der Waals surface area contributed by atoms with Crippen molar-refractivity contribution in [3.8, 4) is 11.8 Å². The highest BCUT2D eigenvalue weighted by atomic mass is 32.1. The van der Waals surface area contributed by atoms with E-state index in [0.717, 1.165) is 48.3 Å². The number of amides is 1. The summed E-state index contributed by atoms with van der Waals surface area (Å²) in [4.78, 5) is 27.1. The SMILES string of the molecule is CCCCOc1ccc(C=C(C#N)C(=O)Nc2sc3c(c2C(=O)OCC)CCC(C(C)(C)C)C3)cc1. The molecule has 1 unspecified atom stereocenters. The van der Waals surface area contributed by atoms with Crippen LogP contribution >= 0.6 is 11.3 Å². The molecule has 1 aliphatic carbocycles. The normalized spacial score (nSPS) is 15.6. The number of unbranched alkanes of at least 4 members (excludes halogenated alkanes) is 1. The van der Waals surface area contributed by atoms with Crippen LogP contribution in [0.2, 0.25) is 0 Å². The lowest BCUT2D eigenvalue weighted by molar-refractivity contribution is -0.112. The third-order valence-electron chi connectivity index (χ3n) is 6.52. The first-order valence-electron chi connectivity index (χ1n) is 12.7. The molecule has 1 heterocycles. The van der Waals surface area contributed by atoms with E-state index < -0.39 is 11.9 Å². The molecule has 3 rings (SSSR count). The highest BCUT2D eigenvalue weighted by Crippen LogP contribution is 2.44. The molecule has 1 aromatic heterocycles. The van der Waals surface area contributed by atoms with Crippen LogP contribution in [0.3, 0.4) is 0 Å². The molecule has 192 valence electrons. The van der Waals surface area contributed by atoms with Gasteiger partial charge in [-0.1, -0.05) is 46.2 Å². The number of carbonyl (C=O) groups excluding carboxylic acids is 2. The Morgan fingerprint density at radius 3 is 2.56 bits per heavy atom. The molecular formula is C29H36N2O4S. The lowest BCUT2D eigenvalue weighted by atomic mass is 9.72. The van der Waals surface area contributed by atoms with Gasteiger partial charge in [-0.3, -0.25) is 4.79 Å². The van der Waals surface area contributed by atoms with Crippen molar-refractivity contribution in [2.24, 2.45) is 11.3 Å². The van der Waals surface area contributed by atoms with E-state index in [-0.39, 0.29) is 17.6 Å². The molecular weight excluding hydrogens is 472 g/mol. The molecule has 0 bridgehead atoms. The van der Waals surface area contributed by atoms with E-state index in [4.69, 9.17) is 9.47 Å². The molecule has 1 atom stereocenters. The molecule has 0 saturated heterocycles. The number of esters is 1. The largest absolute Gasteiger partial charge is 0.494 e. The van der Waals surface area contributed by atoms with Gasteiger partial charge in [-0.15, -0.1) is 11.3 Å². The first-order valence-corrected chi connectivity index (χ1v) is 13.5. The quantitative estimate of drug-likeness (QED) is 0.174. The monoisotopic (exact) mass is 508 g/mol. The Balaban J connectivity index is 1.83. The van der Waals surface area contributed by atoms with Crippen LogP contribution in [0.1, 0.15) is 80.2 Å². The van der Waals surface area contributed by atoms with Crippen molar-refractivity contribution < 1.29 is 19.1 Å². The molecule has 1 N–H and O–H groups in total. The molecule has 7 heteroatoms. The van der Waals surface area contributed by atoms with Gasteiger partial charge in [-0.25, -0.2) is 4.79 Å². The molecule has 0 saturated carbocycles. The molecule has 0 fully saturated rings. The predicted octanol–water partition coefficient (Wildman–Crippen LogP) is 6.80. The summed E-state index contributed by atoms with van der Waals surface area (Å²) in [7, 11) is 0. The van der Waals surface area contributed by atoms with E-state index in [1.807, 2.05) is 30.3 Å². The molecule has 0 radical (unpaired) electrons. The fourth-order valence-corrected chi connectivity index (χ4v) is 5.62. The Kier molecular flexibility index (Phi) is 9.33. The summed E-state index contributed by atoms with van der Waals surface area (Å²) in [6, 6.07) is 9.27. The Hall–Kier alpha value is -3.11. The second-order valence-electron chi connectivity index (χ2n) is 10.1. The van der Waals surface area contributed by atoms with Gasteiger partial charge >= 0.3 is 5.97 Å². The number of carbonyl (C=O) groups is 2. The second kappa shape index (κ2) is 12.2. The van der Waals surface area contributed by atoms with Crippen LogP contribution in [-0.2, 0) is 22.4 Å². The Labute approximate surface area is 218 Å². The molecule has 0 aliphatic heterocycles. The summed E-state index contributed by atoms with van der Waals surface area (Å²) in [6.45, 7) is 11.5. The molecule has 1 amide bonds. The van der Waals surface area contributed by atoms with Crippen LogP contribution in [0.15, 0.2) is 29.8 Å². The summed E-state index contributed by atoms with van der Waals surface area (Å²) in [5, 5.41) is 13.0. The standard InChI is InChI=1S/C29H36N2O4S/c1-6-8-15-35-22-12-9-19(10-13-22)16-20(18-30)26(32)31-27-25(28(33)34-7-2)23-14-11-21(29(3,4)5)17-24(23)36-27/h9-10,12-13,16,21H,6-8,11,14-15,17H2,1-5H3,(H,31,32). The van der Waals surface area contributed by atoms with Crippen molar-refractivity contribution in [1.82, 2.24) is 0 Å². The first-order chi connectivity index (χ1) is 17.2. The maximum Gasteiger partial charge on any atom is 0.341 e. The van der Waals surface area contributed by atoms with Gasteiger partial charge < -0.3 is 14.8 Å². The van der Waals surface area contributed by atoms with Crippen molar-refractivity contribution in [2.75, 3.05) is 18.5 Å². The van der Waals surface area contributed by atoms with Crippen molar-refractivity contribution >= 4 is 34.3 Å². The zero-order valence-corrected chi connectivity index (χ0v) is 22.7. The van der Waals surface area contributed by atoms with E-state index in [0.29, 0.717) is 28.7 Å². The summed E-state index contributed by atoms with van der Waals surface area (Å²) in [5.74, 6) is 0.268. The molecule has 36 heavy (non-hydrogen) atoms. The van der Waals surface area contributed by atoms with Crippen LogP contribution in [0.4, 0.5) is 5.00 Å². The number of hydrogen-bond donors (Lipinski definition) is 1. The first kappa shape index (κ1) is 27.5. The van der Waals surface area contributed by atoms with Gasteiger partial charge in [-0.05, 0) is 73.3 Å². The fraction of sp³-hybridized carbons (Fsp3) is 0.483. The summed E-state index contributed by atoms with van der Waals surface area (Å²) < 4.78 is 11.0. The summed E-state index contributed by atoms with van der Waals surface area (Å²) >= 11 is 1.42. The van der Waals surface area contributed by atoms with Gasteiger partial charge in [0.2, 0.25) is 0 Å². The van der Waals surface area contributed by atoms with Crippen LogP contribution in [0, 0.1) is 22.7 Å². The minimum absolute atomic E-state index is 0.0385. The van der Waals surface area contributed by atoms with E-state index in [9.17, 15) is 14.9 Å². The number of fused-ring (bicyclic) bond motifs is 1. The maximum absolute atomic E-state index is 13.1. The average molecular weight is 509 g/mol. The number of rotatable bonds is 9. The number of nitrogens with zero attached hydrogens (tertiary/aromatic N) is 1. The summed E-state index contributed by atoms with van der Waals surface area (Å²) in [5.41, 5.74) is 2.23. The molecule has 6 nitrogen and oxygen atoms in total. The number of nitriles is 1. The van der Waals surface area contributed by atoms with E-state index in [1.54, 1.807) is 13.0 Å². The maximum atomic E-state index is 13.1. The Morgan fingerprint density at radius 2 is 1.94 bits per heavy atom. The van der Waals surface area contributed by atoms with Gasteiger partial charge in [0.15, 0.2) is 0 Å². The lowest BCUT2D eigenvalue weighted by Gasteiger charge is -2.33. The van der Waals surface area contributed by atoms with Crippen LogP contribution < -0.4 is 10.1 Å². The van der Waals surface area contributed by atoms with Crippen LogP contribution in [-0.4, -0.2) is 25.1 Å². The number of benzene rings is 1. The van der Waals surface area contributed by atoms with Crippen LogP contribution in [0.5, 0.6) is 5.75 Å². The zero-order chi connectivity index (χ0) is 26.3. The number of ether oxygens (including phenoxy) is 2. The predicted molar refractivity (Wildman–Crippen MR) is 144 cm³/mol. The Morgan fingerprint density at radius 1 is 1.22 bits per heavy atom.